The Morgan fingerprint density at radius 1 is 0.300 bits per heavy atom. The summed E-state index contributed by atoms with van der Waals surface area (Å²) < 4.78 is 0. The van der Waals surface area contributed by atoms with E-state index < -0.39 is 0 Å². The maximum Gasteiger partial charge on any atom is 0.164 e. The van der Waals surface area contributed by atoms with Crippen molar-refractivity contribution in [2.75, 3.05) is 0 Å². The second-order valence-corrected chi connectivity index (χ2v) is 10.1. The average Bonchev–Trinajstić information content (AvgIpc) is 3.04. The van der Waals surface area contributed by atoms with Gasteiger partial charge in [0.15, 0.2) is 17.5 Å². The van der Waals surface area contributed by atoms with Crippen LogP contribution < -0.4 is 0 Å². The van der Waals surface area contributed by atoms with Gasteiger partial charge in [-0.05, 0) is 49.5 Å². The monoisotopic (exact) mass is 509 g/mol. The second-order valence-electron chi connectivity index (χ2n) is 10.1. The highest BCUT2D eigenvalue weighted by Crippen LogP contribution is 2.42. The molecule has 1 aromatic heterocycles. The van der Waals surface area contributed by atoms with E-state index in [9.17, 15) is 0 Å². The molecule has 3 nitrogen and oxygen atoms in total. The standard InChI is InChI=1S/C37H23N3/c1-4-10-24(11-5-1)29-20-16-25-18-22-31-32(23-19-26-17-21-30(29)33(25)34(26)31)37-39-35(27-12-6-2-7-13-27)38-36(40-37)28-14-8-3-9-15-28/h1-23H. The van der Waals surface area contributed by atoms with Crippen molar-refractivity contribution in [1.82, 2.24) is 15.0 Å². The van der Waals surface area contributed by atoms with E-state index in [0.29, 0.717) is 17.5 Å². The predicted octanol–water partition coefficient (Wildman–Crippen LogP) is 9.44. The highest BCUT2D eigenvalue weighted by Gasteiger charge is 2.18. The quantitative estimate of drug-likeness (QED) is 0.222. The van der Waals surface area contributed by atoms with E-state index in [2.05, 4.69) is 78.9 Å². The summed E-state index contributed by atoms with van der Waals surface area (Å²) in [5.74, 6) is 2.01. The van der Waals surface area contributed by atoms with Gasteiger partial charge < -0.3 is 0 Å². The molecular weight excluding hydrogens is 486 g/mol. The van der Waals surface area contributed by atoms with Gasteiger partial charge in [0.25, 0.3) is 0 Å². The highest BCUT2D eigenvalue weighted by atomic mass is 15.0. The number of benzene rings is 7. The minimum absolute atomic E-state index is 0.668. The summed E-state index contributed by atoms with van der Waals surface area (Å²) in [6, 6.07) is 48.6. The van der Waals surface area contributed by atoms with Crippen LogP contribution in [0, 0.1) is 0 Å². The van der Waals surface area contributed by atoms with Crippen molar-refractivity contribution in [3.63, 3.8) is 0 Å². The Kier molecular flexibility index (Phi) is 5.14. The van der Waals surface area contributed by atoms with Crippen LogP contribution in [0.4, 0.5) is 0 Å². The van der Waals surface area contributed by atoms with Crippen molar-refractivity contribution < 1.29 is 0 Å². The molecule has 1 heterocycles. The molecule has 8 rings (SSSR count). The first-order chi connectivity index (χ1) is 19.8. The van der Waals surface area contributed by atoms with E-state index in [1.54, 1.807) is 0 Å². The van der Waals surface area contributed by atoms with Gasteiger partial charge in [-0.15, -0.1) is 0 Å². The minimum Gasteiger partial charge on any atom is -0.208 e. The number of aromatic nitrogens is 3. The van der Waals surface area contributed by atoms with Gasteiger partial charge >= 0.3 is 0 Å². The predicted molar refractivity (Wildman–Crippen MR) is 165 cm³/mol. The molecule has 0 saturated heterocycles. The molecule has 0 aliphatic carbocycles. The maximum atomic E-state index is 5.02. The van der Waals surface area contributed by atoms with Crippen LogP contribution in [0.25, 0.3) is 77.6 Å². The molecule has 186 valence electrons. The minimum atomic E-state index is 0.668. The molecule has 0 atom stereocenters. The lowest BCUT2D eigenvalue weighted by Gasteiger charge is -2.16. The molecule has 7 aromatic carbocycles. The first-order valence-corrected chi connectivity index (χ1v) is 13.5. The zero-order chi connectivity index (χ0) is 26.5. The van der Waals surface area contributed by atoms with Gasteiger partial charge in [-0.2, -0.15) is 0 Å². The summed E-state index contributed by atoms with van der Waals surface area (Å²) in [5, 5.41) is 7.36. The average molecular weight is 510 g/mol. The molecule has 0 saturated carbocycles. The maximum absolute atomic E-state index is 5.02. The molecule has 0 aliphatic heterocycles. The number of hydrogen-bond acceptors (Lipinski definition) is 3. The highest BCUT2D eigenvalue weighted by molar-refractivity contribution is 6.27. The molecular formula is C37H23N3. The third kappa shape index (κ3) is 3.63. The normalized spacial score (nSPS) is 11.5. The van der Waals surface area contributed by atoms with Gasteiger partial charge in [0.05, 0.1) is 0 Å². The van der Waals surface area contributed by atoms with Gasteiger partial charge in [0, 0.05) is 16.7 Å². The Balaban J connectivity index is 1.41. The number of hydrogen-bond donors (Lipinski definition) is 0. The molecule has 0 amide bonds. The molecule has 0 spiro atoms. The summed E-state index contributed by atoms with van der Waals surface area (Å²) >= 11 is 0. The van der Waals surface area contributed by atoms with E-state index in [1.807, 2.05) is 60.7 Å². The summed E-state index contributed by atoms with van der Waals surface area (Å²) in [6.45, 7) is 0. The zero-order valence-corrected chi connectivity index (χ0v) is 21.6. The fourth-order valence-electron chi connectivity index (χ4n) is 5.79. The Morgan fingerprint density at radius 2 is 0.700 bits per heavy atom. The Bertz CT molecular complexity index is 2080. The fourth-order valence-corrected chi connectivity index (χ4v) is 5.79. The van der Waals surface area contributed by atoms with Crippen molar-refractivity contribution in [3.05, 3.63) is 140 Å². The summed E-state index contributed by atoms with van der Waals surface area (Å²) in [6.07, 6.45) is 0. The van der Waals surface area contributed by atoms with Gasteiger partial charge in [0.2, 0.25) is 0 Å². The third-order valence-corrected chi connectivity index (χ3v) is 7.69. The van der Waals surface area contributed by atoms with Gasteiger partial charge in [-0.1, -0.05) is 133 Å². The molecule has 0 aliphatic rings. The smallest absolute Gasteiger partial charge is 0.164 e. The van der Waals surface area contributed by atoms with Crippen LogP contribution in [0.2, 0.25) is 0 Å². The van der Waals surface area contributed by atoms with Crippen molar-refractivity contribution >= 4 is 32.3 Å². The lowest BCUT2D eigenvalue weighted by atomic mass is 9.88. The van der Waals surface area contributed by atoms with Crippen LogP contribution in [0.3, 0.4) is 0 Å². The van der Waals surface area contributed by atoms with Crippen LogP contribution in [-0.4, -0.2) is 15.0 Å². The fraction of sp³-hybridized carbons (Fsp3) is 0. The Morgan fingerprint density at radius 3 is 1.23 bits per heavy atom. The first kappa shape index (κ1) is 22.6. The second kappa shape index (κ2) is 9.11. The van der Waals surface area contributed by atoms with Gasteiger partial charge in [-0.25, -0.2) is 15.0 Å². The lowest BCUT2D eigenvalue weighted by Crippen LogP contribution is -2.00. The molecule has 3 heteroatoms. The van der Waals surface area contributed by atoms with Crippen LogP contribution in [-0.2, 0) is 0 Å². The van der Waals surface area contributed by atoms with Gasteiger partial charge in [0.1, 0.15) is 0 Å². The Hall–Kier alpha value is -5.41. The molecule has 0 N–H and O–H groups in total. The number of rotatable bonds is 4. The summed E-state index contributed by atoms with van der Waals surface area (Å²) in [7, 11) is 0. The first-order valence-electron chi connectivity index (χ1n) is 13.5. The van der Waals surface area contributed by atoms with Crippen molar-refractivity contribution in [2.45, 2.75) is 0 Å². The van der Waals surface area contributed by atoms with Crippen molar-refractivity contribution in [3.8, 4) is 45.3 Å². The summed E-state index contributed by atoms with van der Waals surface area (Å²) in [5.41, 5.74) is 5.40. The Labute approximate surface area is 231 Å². The number of nitrogens with zero attached hydrogens (tertiary/aromatic N) is 3. The molecule has 8 aromatic rings. The lowest BCUT2D eigenvalue weighted by molar-refractivity contribution is 1.08. The van der Waals surface area contributed by atoms with E-state index >= 15 is 0 Å². The van der Waals surface area contributed by atoms with Gasteiger partial charge in [-0.3, -0.25) is 0 Å². The zero-order valence-electron chi connectivity index (χ0n) is 21.6. The van der Waals surface area contributed by atoms with Crippen LogP contribution in [0.15, 0.2) is 140 Å². The van der Waals surface area contributed by atoms with Crippen LogP contribution in [0.1, 0.15) is 0 Å². The van der Waals surface area contributed by atoms with E-state index in [4.69, 9.17) is 15.0 Å². The van der Waals surface area contributed by atoms with E-state index in [1.165, 1.54) is 38.1 Å². The van der Waals surface area contributed by atoms with Crippen LogP contribution >= 0.6 is 0 Å². The van der Waals surface area contributed by atoms with Crippen molar-refractivity contribution in [2.24, 2.45) is 0 Å². The molecule has 0 radical (unpaired) electrons. The SMILES string of the molecule is c1ccc(-c2nc(-c3ccccc3)nc(-c3ccc4ccc5c(-c6ccccc6)ccc6ccc3c4c65)n2)cc1. The summed E-state index contributed by atoms with van der Waals surface area (Å²) in [4.78, 5) is 14.9. The van der Waals surface area contributed by atoms with E-state index in [0.717, 1.165) is 22.1 Å². The molecule has 40 heavy (non-hydrogen) atoms. The third-order valence-electron chi connectivity index (χ3n) is 7.69. The van der Waals surface area contributed by atoms with Crippen LogP contribution in [0.5, 0.6) is 0 Å². The molecule has 0 fully saturated rings. The molecule has 0 unspecified atom stereocenters. The van der Waals surface area contributed by atoms with E-state index in [-0.39, 0.29) is 0 Å². The largest absolute Gasteiger partial charge is 0.208 e. The molecule has 0 bridgehead atoms. The van der Waals surface area contributed by atoms with Crippen molar-refractivity contribution in [1.29, 1.82) is 0 Å². The topological polar surface area (TPSA) is 38.7 Å².